The van der Waals surface area contributed by atoms with E-state index in [4.69, 9.17) is 41.9 Å². The summed E-state index contributed by atoms with van der Waals surface area (Å²) in [7, 11) is 2.75. The van der Waals surface area contributed by atoms with Crippen molar-refractivity contribution in [1.29, 1.82) is 0 Å². The highest BCUT2D eigenvalue weighted by molar-refractivity contribution is 6.12. The van der Waals surface area contributed by atoms with Crippen LogP contribution in [0.5, 0.6) is 0 Å². The van der Waals surface area contributed by atoms with E-state index in [1.54, 1.807) is 23.6 Å². The van der Waals surface area contributed by atoms with Crippen molar-refractivity contribution >= 4 is 41.6 Å². The van der Waals surface area contributed by atoms with Gasteiger partial charge in [-0.25, -0.2) is 19.2 Å². The number of carbonyl (C=O) groups excluding carboxylic acids is 6. The van der Waals surface area contributed by atoms with E-state index in [2.05, 4.69) is 0 Å². The van der Waals surface area contributed by atoms with Gasteiger partial charge in [-0.15, -0.1) is 0 Å². The lowest BCUT2D eigenvalue weighted by Gasteiger charge is -2.58. The zero-order valence-corrected chi connectivity index (χ0v) is 36.6. The number of anilines is 1. The van der Waals surface area contributed by atoms with Crippen LogP contribution in [0.3, 0.4) is 0 Å². The number of benzene rings is 3. The third kappa shape index (κ3) is 6.74. The van der Waals surface area contributed by atoms with Gasteiger partial charge in [0, 0.05) is 44.8 Å². The molecule has 6 aliphatic rings. The van der Waals surface area contributed by atoms with Gasteiger partial charge in [0.05, 0.1) is 12.3 Å². The average Bonchev–Trinajstić information content (AvgIpc) is 3.94. The molecule has 6 unspecified atom stereocenters. The summed E-state index contributed by atoms with van der Waals surface area (Å²) in [4.78, 5) is 89.8. The molecule has 63 heavy (non-hydrogen) atoms. The van der Waals surface area contributed by atoms with Crippen molar-refractivity contribution in [3.63, 3.8) is 0 Å². The van der Waals surface area contributed by atoms with Crippen LogP contribution >= 0.6 is 0 Å². The van der Waals surface area contributed by atoms with Gasteiger partial charge >= 0.3 is 24.1 Å². The second kappa shape index (κ2) is 16.7. The van der Waals surface area contributed by atoms with Crippen LogP contribution in [0.25, 0.3) is 0 Å². The van der Waals surface area contributed by atoms with Crippen molar-refractivity contribution in [2.24, 2.45) is 22.9 Å². The lowest BCUT2D eigenvalue weighted by molar-refractivity contribution is -0.192. The molecule has 2 heterocycles. The van der Waals surface area contributed by atoms with Gasteiger partial charge in [0.25, 0.3) is 11.8 Å². The molecule has 336 valence electrons. The molecular formula is C46H57N7O10. The fraction of sp³-hybridized carbons (Fsp3) is 0.478. The molecule has 0 radical (unpaired) electrons. The van der Waals surface area contributed by atoms with Crippen molar-refractivity contribution in [1.82, 2.24) is 9.80 Å². The molecule has 8 N–H and O–H groups in total. The summed E-state index contributed by atoms with van der Waals surface area (Å²) in [6, 6.07) is 20.9. The lowest BCUT2D eigenvalue weighted by Crippen LogP contribution is -2.80. The molecule has 0 spiro atoms. The Balaban J connectivity index is 1.49. The maximum atomic E-state index is 15.0. The summed E-state index contributed by atoms with van der Waals surface area (Å²) in [5, 5.41) is 0. The highest BCUT2D eigenvalue weighted by Crippen LogP contribution is 2.53. The molecule has 0 aromatic heterocycles. The highest BCUT2D eigenvalue weighted by Gasteiger charge is 2.72. The van der Waals surface area contributed by atoms with Gasteiger partial charge in [-0.3, -0.25) is 19.4 Å². The Morgan fingerprint density at radius 2 is 1.02 bits per heavy atom. The molecule has 3 aromatic rings. The Hall–Kier alpha value is -5.88. The first-order chi connectivity index (χ1) is 29.8. The first-order valence-corrected chi connectivity index (χ1v) is 21.1. The Labute approximate surface area is 366 Å². The minimum absolute atomic E-state index is 0.0664. The zero-order valence-electron chi connectivity index (χ0n) is 36.6. The van der Waals surface area contributed by atoms with Crippen LogP contribution in [0, 0.1) is 13.8 Å². The van der Waals surface area contributed by atoms with E-state index < -0.39 is 82.4 Å². The van der Waals surface area contributed by atoms with E-state index >= 15 is 0 Å². The maximum Gasteiger partial charge on any atom is 0.412 e. The predicted molar refractivity (Wildman–Crippen MR) is 230 cm³/mol. The van der Waals surface area contributed by atoms with Gasteiger partial charge in [0.15, 0.2) is 0 Å². The van der Waals surface area contributed by atoms with E-state index in [0.29, 0.717) is 44.2 Å². The van der Waals surface area contributed by atoms with Gasteiger partial charge in [-0.05, 0) is 106 Å². The van der Waals surface area contributed by atoms with Crippen molar-refractivity contribution in [3.05, 3.63) is 100 Å². The number of hydrogen-bond donors (Lipinski definition) is 4. The molecule has 9 rings (SSSR count). The number of nitrogens with zero attached hydrogens (tertiary/aromatic N) is 3. The Kier molecular flexibility index (Phi) is 12.0. The normalized spacial score (nSPS) is 24.3. The van der Waals surface area contributed by atoms with Crippen LogP contribution in [0.1, 0.15) is 84.7 Å². The van der Waals surface area contributed by atoms with E-state index in [9.17, 15) is 28.8 Å². The van der Waals surface area contributed by atoms with Gasteiger partial charge in [0.1, 0.15) is 11.2 Å². The molecule has 4 aliphatic carbocycles. The second-order valence-electron chi connectivity index (χ2n) is 17.4. The highest BCUT2D eigenvalue weighted by atomic mass is 16.6. The number of fused-ring (bicyclic) bond motifs is 6. The third-order valence-electron chi connectivity index (χ3n) is 14.7. The van der Waals surface area contributed by atoms with Crippen molar-refractivity contribution in [2.45, 2.75) is 113 Å². The van der Waals surface area contributed by atoms with Crippen LogP contribution in [-0.2, 0) is 51.0 Å². The fourth-order valence-electron chi connectivity index (χ4n) is 11.5. The first kappa shape index (κ1) is 45.2. The van der Waals surface area contributed by atoms with Gasteiger partial charge in [0.2, 0.25) is 11.1 Å². The van der Waals surface area contributed by atoms with Gasteiger partial charge < -0.3 is 46.8 Å². The minimum atomic E-state index is -2.53. The molecule has 0 saturated carbocycles. The number of carbonyl (C=O) groups is 6. The largest absolute Gasteiger partial charge is 0.412 e. The molecule has 4 bridgehead atoms. The zero-order chi connectivity index (χ0) is 45.8. The number of methoxy groups -OCH3 is 2. The summed E-state index contributed by atoms with van der Waals surface area (Å²) >= 11 is 0. The number of likely N-dealkylation sites (tertiary alicyclic amines) is 2. The lowest BCUT2D eigenvalue weighted by atomic mass is 9.64. The van der Waals surface area contributed by atoms with Crippen LogP contribution in [0.4, 0.5) is 15.3 Å². The molecule has 17 nitrogen and oxygen atoms in total. The molecule has 2 fully saturated rings. The van der Waals surface area contributed by atoms with Crippen LogP contribution < -0.4 is 27.8 Å². The van der Waals surface area contributed by atoms with E-state index in [0.717, 1.165) is 33.4 Å². The summed E-state index contributed by atoms with van der Waals surface area (Å²) in [6.45, 7) is 7.19. The number of nitrogens with two attached hydrogens (primary N) is 4. The number of amides is 4. The van der Waals surface area contributed by atoms with Crippen molar-refractivity contribution in [3.8, 4) is 0 Å². The molecular weight excluding hydrogens is 811 g/mol. The number of ether oxygens (including phenoxy) is 4. The standard InChI is InChI=1S/C46H57N7O10/c1-26-10-7-11-34(27(26)2)53(35-12-8-22-51(35)45(37(47)54,39(56)62-41(49)58)43(3,60-5)32-24-28-14-18-30(32)19-15-28)36-13-9-23-52(36)46(38(48)55,40(57)63-42(50)59)44(4,61-6)33-25-29-16-20-31(33)21-17-29/h7,10-11,14-21,32-33,35-36H,8-9,12-13,22-25H2,1-6H3,(H2,47,54)(H2,48,55)(H2,49,58)(H2,50,59)/t32?,33?,35?,36?,43?,44?,45-,46-/m0/s1. The van der Waals surface area contributed by atoms with E-state index in [1.165, 1.54) is 14.2 Å². The van der Waals surface area contributed by atoms with E-state index in [-0.39, 0.29) is 13.1 Å². The smallest absolute Gasteiger partial charge is 0.375 e. The summed E-state index contributed by atoms with van der Waals surface area (Å²) in [5.74, 6) is -6.24. The van der Waals surface area contributed by atoms with Gasteiger partial charge in [-0.1, -0.05) is 60.7 Å². The number of rotatable bonds is 15. The van der Waals surface area contributed by atoms with E-state index in [1.807, 2.05) is 85.5 Å². The fourth-order valence-corrected chi connectivity index (χ4v) is 11.5. The molecule has 17 heteroatoms. The SMILES string of the molecule is COC(C)(C1Cc2ccc1cc2)[C@](C(N)=O)(C(=O)OC(N)=O)N1CCCC1N(c1cccc(C)c1C)C1CCCN1[C@@](C(N)=O)(C(=O)OC(N)=O)C(C)(OC)C1Cc2ccc1cc2. The number of esters is 2. The summed E-state index contributed by atoms with van der Waals surface area (Å²) in [5.41, 5.74) is 21.1. The van der Waals surface area contributed by atoms with Crippen LogP contribution in [0.2, 0.25) is 0 Å². The summed E-state index contributed by atoms with van der Waals surface area (Å²) < 4.78 is 23.2. The number of hydrogen-bond acceptors (Lipinski definition) is 13. The Bertz CT molecular complexity index is 2190. The Morgan fingerprint density at radius 3 is 1.33 bits per heavy atom. The monoisotopic (exact) mass is 867 g/mol. The maximum absolute atomic E-state index is 15.0. The topological polar surface area (TPSA) is 253 Å². The number of aryl methyl sites for hydroxylation is 1. The van der Waals surface area contributed by atoms with Crippen molar-refractivity contribution in [2.75, 3.05) is 32.2 Å². The van der Waals surface area contributed by atoms with Crippen LogP contribution in [0.15, 0.2) is 66.7 Å². The predicted octanol–water partition coefficient (Wildman–Crippen LogP) is 3.14. The van der Waals surface area contributed by atoms with Crippen molar-refractivity contribution < 1.29 is 47.7 Å². The number of primary amides is 4. The quantitative estimate of drug-likeness (QED) is 0.127. The Morgan fingerprint density at radius 1 is 0.619 bits per heavy atom. The molecule has 8 atom stereocenters. The first-order valence-electron chi connectivity index (χ1n) is 21.1. The minimum Gasteiger partial charge on any atom is -0.375 e. The summed E-state index contributed by atoms with van der Waals surface area (Å²) in [6.07, 6.45) is -2.71. The average molecular weight is 868 g/mol. The van der Waals surface area contributed by atoms with Crippen LogP contribution in [-0.4, -0.2) is 108 Å². The molecule has 2 aliphatic heterocycles. The second-order valence-corrected chi connectivity index (χ2v) is 17.4. The molecule has 2 saturated heterocycles. The molecule has 4 amide bonds. The van der Waals surface area contributed by atoms with Gasteiger partial charge in [-0.2, -0.15) is 0 Å². The molecule has 3 aromatic carbocycles. The third-order valence-corrected chi connectivity index (χ3v) is 14.7.